The maximum atomic E-state index is 13.5. The number of ketones is 1. The van der Waals surface area contributed by atoms with Gasteiger partial charge >= 0.3 is 0 Å². The quantitative estimate of drug-likeness (QED) is 0.505. The molecule has 0 saturated heterocycles. The maximum absolute atomic E-state index is 13.5. The highest BCUT2D eigenvalue weighted by Gasteiger charge is 2.34. The molecule has 0 aliphatic heterocycles. The van der Waals surface area contributed by atoms with E-state index in [0.717, 1.165) is 5.56 Å². The number of ether oxygens (including phenoxy) is 5. The predicted octanol–water partition coefficient (Wildman–Crippen LogP) is 3.30. The minimum absolute atomic E-state index is 0.224. The van der Waals surface area contributed by atoms with Gasteiger partial charge in [-0.3, -0.25) is 4.79 Å². The summed E-state index contributed by atoms with van der Waals surface area (Å²) < 4.78 is 26.8. The number of hydrogen-bond donors (Lipinski definition) is 0. The van der Waals surface area contributed by atoms with Crippen molar-refractivity contribution in [3.63, 3.8) is 0 Å². The van der Waals surface area contributed by atoms with Crippen LogP contribution in [0.5, 0.6) is 17.2 Å². The molecule has 0 spiro atoms. The molecule has 0 aliphatic rings. The molecule has 0 aliphatic carbocycles. The van der Waals surface area contributed by atoms with Crippen molar-refractivity contribution < 1.29 is 28.5 Å². The molecular weight excluding hydrogens is 336 g/mol. The molecule has 1 unspecified atom stereocenters. The molecule has 0 bridgehead atoms. The van der Waals surface area contributed by atoms with E-state index in [0.29, 0.717) is 22.8 Å². The van der Waals surface area contributed by atoms with Gasteiger partial charge in [-0.1, -0.05) is 18.2 Å². The third-order valence-electron chi connectivity index (χ3n) is 4.17. The average molecular weight is 360 g/mol. The lowest BCUT2D eigenvalue weighted by Crippen LogP contribution is -2.30. The van der Waals surface area contributed by atoms with E-state index < -0.39 is 12.2 Å². The van der Waals surface area contributed by atoms with Gasteiger partial charge in [0.25, 0.3) is 0 Å². The van der Waals surface area contributed by atoms with Gasteiger partial charge in [0.1, 0.15) is 22.8 Å². The Bertz CT molecular complexity index is 699. The van der Waals surface area contributed by atoms with Crippen molar-refractivity contribution in [1.29, 1.82) is 0 Å². The molecule has 0 fully saturated rings. The number of hydrogen-bond acceptors (Lipinski definition) is 6. The Balaban J connectivity index is 2.57. The minimum atomic E-state index is -0.773. The maximum Gasteiger partial charge on any atom is 0.182 e. The Kier molecular flexibility index (Phi) is 7.00. The van der Waals surface area contributed by atoms with E-state index in [4.69, 9.17) is 23.7 Å². The normalized spacial score (nSPS) is 11.9. The molecule has 26 heavy (non-hydrogen) atoms. The Morgan fingerprint density at radius 2 is 1.31 bits per heavy atom. The highest BCUT2D eigenvalue weighted by molar-refractivity contribution is 6.05. The van der Waals surface area contributed by atoms with Crippen molar-refractivity contribution in [1.82, 2.24) is 0 Å². The van der Waals surface area contributed by atoms with Gasteiger partial charge in [-0.15, -0.1) is 0 Å². The summed E-state index contributed by atoms with van der Waals surface area (Å²) in [6, 6.07) is 12.4. The molecule has 0 heterocycles. The Labute approximate surface area is 153 Å². The number of rotatable bonds is 9. The fourth-order valence-electron chi connectivity index (χ4n) is 2.86. The van der Waals surface area contributed by atoms with Gasteiger partial charge < -0.3 is 23.7 Å². The molecule has 0 aromatic heterocycles. The SMILES string of the molecule is COc1ccc(C(C(=O)c2c(OC)cccc2OC)C(OC)OC)cc1. The van der Waals surface area contributed by atoms with Crippen LogP contribution in [0.25, 0.3) is 0 Å². The number of Topliss-reactive ketones (excluding diaryl/α,β-unsaturated/α-hetero) is 1. The van der Waals surface area contributed by atoms with Crippen LogP contribution in [0, 0.1) is 0 Å². The van der Waals surface area contributed by atoms with Gasteiger partial charge in [0.15, 0.2) is 12.1 Å². The first-order valence-corrected chi connectivity index (χ1v) is 8.06. The zero-order valence-corrected chi connectivity index (χ0v) is 15.6. The zero-order chi connectivity index (χ0) is 19.1. The molecular formula is C20H24O6. The fraction of sp³-hybridized carbons (Fsp3) is 0.350. The summed E-state index contributed by atoms with van der Waals surface area (Å²) in [7, 11) is 7.61. The predicted molar refractivity (Wildman–Crippen MR) is 97.4 cm³/mol. The smallest absolute Gasteiger partial charge is 0.182 e. The monoisotopic (exact) mass is 360 g/mol. The van der Waals surface area contributed by atoms with Gasteiger partial charge in [0.05, 0.1) is 27.2 Å². The van der Waals surface area contributed by atoms with Crippen LogP contribution in [0.2, 0.25) is 0 Å². The van der Waals surface area contributed by atoms with E-state index in [1.165, 1.54) is 28.4 Å². The van der Waals surface area contributed by atoms with Gasteiger partial charge in [0.2, 0.25) is 0 Å². The van der Waals surface area contributed by atoms with Crippen LogP contribution in [-0.2, 0) is 9.47 Å². The van der Waals surface area contributed by atoms with Crippen molar-refractivity contribution in [2.45, 2.75) is 12.2 Å². The van der Waals surface area contributed by atoms with E-state index in [-0.39, 0.29) is 5.78 Å². The van der Waals surface area contributed by atoms with Gasteiger partial charge in [-0.2, -0.15) is 0 Å². The summed E-state index contributed by atoms with van der Waals surface area (Å²) in [6.45, 7) is 0. The highest BCUT2D eigenvalue weighted by Crippen LogP contribution is 2.36. The molecule has 1 atom stereocenters. The van der Waals surface area contributed by atoms with Crippen molar-refractivity contribution in [3.05, 3.63) is 53.6 Å². The Morgan fingerprint density at radius 1 is 0.769 bits per heavy atom. The van der Waals surface area contributed by atoms with Crippen molar-refractivity contribution in [2.24, 2.45) is 0 Å². The molecule has 0 amide bonds. The molecule has 6 nitrogen and oxygen atoms in total. The molecule has 2 aromatic carbocycles. The van der Waals surface area contributed by atoms with E-state index in [9.17, 15) is 4.79 Å². The lowest BCUT2D eigenvalue weighted by molar-refractivity contribution is -0.110. The van der Waals surface area contributed by atoms with Crippen LogP contribution in [-0.4, -0.2) is 47.6 Å². The van der Waals surface area contributed by atoms with Crippen LogP contribution in [0.4, 0.5) is 0 Å². The van der Waals surface area contributed by atoms with Crippen molar-refractivity contribution >= 4 is 5.78 Å². The van der Waals surface area contributed by atoms with Crippen LogP contribution >= 0.6 is 0 Å². The van der Waals surface area contributed by atoms with Crippen LogP contribution in [0.3, 0.4) is 0 Å². The van der Waals surface area contributed by atoms with Crippen LogP contribution in [0.15, 0.2) is 42.5 Å². The largest absolute Gasteiger partial charge is 0.497 e. The lowest BCUT2D eigenvalue weighted by atomic mass is 9.89. The molecule has 0 saturated carbocycles. The van der Waals surface area contributed by atoms with E-state index >= 15 is 0 Å². The van der Waals surface area contributed by atoms with E-state index in [2.05, 4.69) is 0 Å². The second-order valence-electron chi connectivity index (χ2n) is 5.49. The zero-order valence-electron chi connectivity index (χ0n) is 15.6. The number of benzene rings is 2. The van der Waals surface area contributed by atoms with E-state index in [1.807, 2.05) is 12.1 Å². The summed E-state index contributed by atoms with van der Waals surface area (Å²) in [5.41, 5.74) is 1.08. The fourth-order valence-corrected chi connectivity index (χ4v) is 2.86. The third-order valence-corrected chi connectivity index (χ3v) is 4.17. The highest BCUT2D eigenvalue weighted by atomic mass is 16.7. The first kappa shape index (κ1) is 19.8. The van der Waals surface area contributed by atoms with Gasteiger partial charge in [-0.05, 0) is 29.8 Å². The van der Waals surface area contributed by atoms with Gasteiger partial charge in [-0.25, -0.2) is 0 Å². The Hall–Kier alpha value is -2.57. The number of methoxy groups -OCH3 is 5. The third kappa shape index (κ3) is 3.98. The molecule has 2 aromatic rings. The average Bonchev–Trinajstić information content (AvgIpc) is 2.70. The molecule has 2 rings (SSSR count). The Morgan fingerprint density at radius 3 is 1.73 bits per heavy atom. The first-order valence-electron chi connectivity index (χ1n) is 8.06. The second kappa shape index (κ2) is 9.22. The lowest BCUT2D eigenvalue weighted by Gasteiger charge is -2.25. The van der Waals surface area contributed by atoms with Crippen molar-refractivity contribution in [2.75, 3.05) is 35.5 Å². The molecule has 0 radical (unpaired) electrons. The molecule has 6 heteroatoms. The summed E-state index contributed by atoms with van der Waals surface area (Å²) in [5, 5.41) is 0. The number of carbonyl (C=O) groups excluding carboxylic acids is 1. The van der Waals surface area contributed by atoms with Crippen molar-refractivity contribution in [3.8, 4) is 17.2 Å². The topological polar surface area (TPSA) is 63.2 Å². The standard InChI is InChI=1S/C20H24O6/c1-22-14-11-9-13(10-12-14)17(20(25-4)26-5)19(21)18-15(23-2)7-6-8-16(18)24-3/h6-12,17,20H,1-5H3. The summed E-state index contributed by atoms with van der Waals surface area (Å²) in [4.78, 5) is 13.5. The summed E-state index contributed by atoms with van der Waals surface area (Å²) >= 11 is 0. The van der Waals surface area contributed by atoms with Crippen LogP contribution < -0.4 is 14.2 Å². The first-order chi connectivity index (χ1) is 12.6. The molecule has 140 valence electrons. The second-order valence-corrected chi connectivity index (χ2v) is 5.49. The minimum Gasteiger partial charge on any atom is -0.497 e. The summed E-state index contributed by atoms with van der Waals surface area (Å²) in [5.74, 6) is 0.623. The van der Waals surface area contributed by atoms with Crippen LogP contribution in [0.1, 0.15) is 21.8 Å². The molecule has 0 N–H and O–H groups in total. The number of carbonyl (C=O) groups is 1. The summed E-state index contributed by atoms with van der Waals surface area (Å²) in [6.07, 6.45) is -0.773. The van der Waals surface area contributed by atoms with E-state index in [1.54, 1.807) is 37.4 Å². The van der Waals surface area contributed by atoms with Gasteiger partial charge in [0, 0.05) is 14.2 Å².